The van der Waals surface area contributed by atoms with E-state index in [1.54, 1.807) is 0 Å². The lowest BCUT2D eigenvalue weighted by atomic mass is 10.5. The van der Waals surface area contributed by atoms with Crippen LogP contribution >= 0.6 is 0 Å². The minimum atomic E-state index is -1.43. The van der Waals surface area contributed by atoms with E-state index in [2.05, 4.69) is 25.0 Å². The first kappa shape index (κ1) is 14.4. The van der Waals surface area contributed by atoms with Crippen LogP contribution in [0.15, 0.2) is 4.99 Å². The lowest BCUT2D eigenvalue weighted by molar-refractivity contribution is 0.328. The highest BCUT2D eigenvalue weighted by Crippen LogP contribution is 2.13. The standard InChI is InChI=1S/C10H25N3OSi/c1-6-14-15(4,5)9-7-8-12-10(11)13(2)3/h6-9H2,1-5H3,(H2,11,12). The monoisotopic (exact) mass is 231 g/mol. The highest BCUT2D eigenvalue weighted by Gasteiger charge is 2.20. The van der Waals surface area contributed by atoms with Crippen molar-refractivity contribution in [3.63, 3.8) is 0 Å². The minimum absolute atomic E-state index is 0.603. The summed E-state index contributed by atoms with van der Waals surface area (Å²) in [4.78, 5) is 6.10. The van der Waals surface area contributed by atoms with Crippen molar-refractivity contribution >= 4 is 14.3 Å². The molecule has 0 bridgehead atoms. The molecule has 0 saturated carbocycles. The summed E-state index contributed by atoms with van der Waals surface area (Å²) in [7, 11) is 2.37. The van der Waals surface area contributed by atoms with Gasteiger partial charge in [-0.15, -0.1) is 0 Å². The largest absolute Gasteiger partial charge is 0.418 e. The Morgan fingerprint density at radius 2 is 2.00 bits per heavy atom. The van der Waals surface area contributed by atoms with Crippen molar-refractivity contribution in [3.8, 4) is 0 Å². The van der Waals surface area contributed by atoms with E-state index in [1.165, 1.54) is 0 Å². The van der Waals surface area contributed by atoms with Crippen LogP contribution in [-0.2, 0) is 4.43 Å². The molecule has 0 heterocycles. The number of hydrogen-bond acceptors (Lipinski definition) is 2. The first-order chi connectivity index (χ1) is 6.89. The summed E-state index contributed by atoms with van der Waals surface area (Å²) in [5.41, 5.74) is 5.68. The van der Waals surface area contributed by atoms with Gasteiger partial charge in [0.1, 0.15) is 0 Å². The van der Waals surface area contributed by atoms with Crippen LogP contribution in [0.4, 0.5) is 0 Å². The van der Waals surface area contributed by atoms with Crippen LogP contribution in [0.5, 0.6) is 0 Å². The molecule has 0 atom stereocenters. The number of hydrogen-bond donors (Lipinski definition) is 1. The Bertz CT molecular complexity index is 205. The Morgan fingerprint density at radius 1 is 1.40 bits per heavy atom. The van der Waals surface area contributed by atoms with Crippen molar-refractivity contribution in [2.45, 2.75) is 32.5 Å². The Balaban J connectivity index is 3.75. The van der Waals surface area contributed by atoms with E-state index in [1.807, 2.05) is 19.0 Å². The van der Waals surface area contributed by atoms with Crippen LogP contribution in [0.2, 0.25) is 19.1 Å². The van der Waals surface area contributed by atoms with Gasteiger partial charge in [-0.2, -0.15) is 0 Å². The normalized spacial score (nSPS) is 13.0. The third-order valence-corrected chi connectivity index (χ3v) is 4.83. The topological polar surface area (TPSA) is 50.9 Å². The predicted octanol–water partition coefficient (Wildman–Crippen LogP) is 1.49. The zero-order chi connectivity index (χ0) is 11.9. The van der Waals surface area contributed by atoms with Crippen LogP contribution < -0.4 is 5.73 Å². The summed E-state index contributed by atoms with van der Waals surface area (Å²) >= 11 is 0. The predicted molar refractivity (Wildman–Crippen MR) is 68.7 cm³/mol. The molecule has 15 heavy (non-hydrogen) atoms. The van der Waals surface area contributed by atoms with Gasteiger partial charge in [-0.1, -0.05) is 0 Å². The van der Waals surface area contributed by atoms with Crippen molar-refractivity contribution in [1.82, 2.24) is 4.90 Å². The highest BCUT2D eigenvalue weighted by atomic mass is 28.4. The summed E-state index contributed by atoms with van der Waals surface area (Å²) in [6.07, 6.45) is 1.06. The van der Waals surface area contributed by atoms with Crippen molar-refractivity contribution in [3.05, 3.63) is 0 Å². The third-order valence-electron chi connectivity index (χ3n) is 2.20. The lowest BCUT2D eigenvalue weighted by Crippen LogP contribution is -2.31. The second-order valence-electron chi connectivity index (χ2n) is 4.43. The molecule has 4 nitrogen and oxygen atoms in total. The Kier molecular flexibility index (Phi) is 6.59. The summed E-state index contributed by atoms with van der Waals surface area (Å²) in [6.45, 7) is 8.16. The maximum Gasteiger partial charge on any atom is 0.190 e. The zero-order valence-electron chi connectivity index (χ0n) is 10.7. The fourth-order valence-electron chi connectivity index (χ4n) is 1.30. The van der Waals surface area contributed by atoms with Gasteiger partial charge in [0.05, 0.1) is 0 Å². The Labute approximate surface area is 94.6 Å². The van der Waals surface area contributed by atoms with Gasteiger partial charge in [-0.05, 0) is 32.5 Å². The number of guanidine groups is 1. The van der Waals surface area contributed by atoms with Gasteiger partial charge in [0, 0.05) is 27.2 Å². The Morgan fingerprint density at radius 3 is 2.47 bits per heavy atom. The van der Waals surface area contributed by atoms with Crippen LogP contribution in [0.1, 0.15) is 13.3 Å². The van der Waals surface area contributed by atoms with Crippen molar-refractivity contribution in [2.24, 2.45) is 10.7 Å². The molecule has 0 aromatic carbocycles. The van der Waals surface area contributed by atoms with Gasteiger partial charge in [-0.3, -0.25) is 4.99 Å². The Hall–Kier alpha value is -0.553. The molecule has 0 aliphatic carbocycles. The van der Waals surface area contributed by atoms with Crippen molar-refractivity contribution < 1.29 is 4.43 Å². The smallest absolute Gasteiger partial charge is 0.190 e. The molecule has 0 aliphatic heterocycles. The molecule has 0 saturated heterocycles. The number of nitrogens with two attached hydrogens (primary N) is 1. The van der Waals surface area contributed by atoms with Gasteiger partial charge < -0.3 is 15.1 Å². The zero-order valence-corrected chi connectivity index (χ0v) is 11.7. The first-order valence-electron chi connectivity index (χ1n) is 5.50. The van der Waals surface area contributed by atoms with Crippen molar-refractivity contribution in [1.29, 1.82) is 0 Å². The molecular weight excluding hydrogens is 206 g/mol. The van der Waals surface area contributed by atoms with E-state index in [4.69, 9.17) is 10.2 Å². The van der Waals surface area contributed by atoms with Gasteiger partial charge in [0.25, 0.3) is 0 Å². The molecule has 0 aromatic rings. The number of nitrogens with zero attached hydrogens (tertiary/aromatic N) is 2. The summed E-state index contributed by atoms with van der Waals surface area (Å²) < 4.78 is 5.73. The second-order valence-corrected chi connectivity index (χ2v) is 8.74. The highest BCUT2D eigenvalue weighted by molar-refractivity contribution is 6.71. The molecule has 0 unspecified atom stereocenters. The van der Waals surface area contributed by atoms with Crippen molar-refractivity contribution in [2.75, 3.05) is 27.2 Å². The molecule has 0 fully saturated rings. The lowest BCUT2D eigenvalue weighted by Gasteiger charge is -2.21. The van der Waals surface area contributed by atoms with E-state index >= 15 is 0 Å². The number of rotatable bonds is 6. The van der Waals surface area contributed by atoms with E-state index < -0.39 is 8.32 Å². The molecule has 90 valence electrons. The first-order valence-corrected chi connectivity index (χ1v) is 8.62. The molecule has 0 radical (unpaired) electrons. The molecule has 2 N–H and O–H groups in total. The van der Waals surface area contributed by atoms with Crippen LogP contribution in [0, 0.1) is 0 Å². The van der Waals surface area contributed by atoms with E-state index in [9.17, 15) is 0 Å². The molecule has 0 aliphatic rings. The van der Waals surface area contributed by atoms with Gasteiger partial charge in [0.2, 0.25) is 0 Å². The van der Waals surface area contributed by atoms with Crippen LogP contribution in [0.3, 0.4) is 0 Å². The third kappa shape index (κ3) is 7.38. The fraction of sp³-hybridized carbons (Fsp3) is 0.900. The van der Waals surface area contributed by atoms with Gasteiger partial charge >= 0.3 is 0 Å². The maximum absolute atomic E-state index is 5.73. The number of aliphatic imine (C=N–C) groups is 1. The van der Waals surface area contributed by atoms with Crippen LogP contribution in [-0.4, -0.2) is 46.4 Å². The average Bonchev–Trinajstić information content (AvgIpc) is 2.11. The quantitative estimate of drug-likeness (QED) is 0.326. The van der Waals surface area contributed by atoms with Gasteiger partial charge in [-0.25, -0.2) is 0 Å². The average molecular weight is 231 g/mol. The molecule has 0 aromatic heterocycles. The summed E-state index contributed by atoms with van der Waals surface area (Å²) in [5.74, 6) is 0.603. The molecular formula is C10H25N3OSi. The second kappa shape index (κ2) is 6.84. The van der Waals surface area contributed by atoms with E-state index in [0.717, 1.165) is 25.6 Å². The summed E-state index contributed by atoms with van der Waals surface area (Å²) in [5, 5.41) is 0. The minimum Gasteiger partial charge on any atom is -0.418 e. The maximum atomic E-state index is 5.73. The van der Waals surface area contributed by atoms with Crippen LogP contribution in [0.25, 0.3) is 0 Å². The molecule has 0 spiro atoms. The summed E-state index contributed by atoms with van der Waals surface area (Å²) in [6, 6.07) is 1.14. The fourth-order valence-corrected chi connectivity index (χ4v) is 3.24. The van der Waals surface area contributed by atoms with Gasteiger partial charge in [0.15, 0.2) is 14.3 Å². The molecule has 0 amide bonds. The SMILES string of the molecule is CCO[Si](C)(C)CCCN=C(N)N(C)C. The van der Waals surface area contributed by atoms with E-state index in [0.29, 0.717) is 5.96 Å². The molecule has 5 heteroatoms. The van der Waals surface area contributed by atoms with E-state index in [-0.39, 0.29) is 0 Å². The molecule has 0 rings (SSSR count).